The summed E-state index contributed by atoms with van der Waals surface area (Å²) >= 11 is 3.53. The fraction of sp³-hybridized carbons (Fsp3) is 0.469. The van der Waals surface area contributed by atoms with E-state index in [2.05, 4.69) is 26.1 Å². The number of benzene rings is 2. The maximum atomic E-state index is 14.3. The molecule has 1 saturated heterocycles. The Hall–Kier alpha value is -3.07. The standard InChI is InChI=1S/C32H38BrF2N3O3/c1-4-8-28(35)41-29(39)14-10-22(25-18-24(34)12-9-20(25)2)19-36-32(40)30-21(3)31(38-15-6-5-7-16-38)37-27-13-11-23(33)17-26(27)30/h9,11-13,17-18,22,28H,4-8,10,14-16,19H2,1-3H3,(H,36,40). The first-order valence-electron chi connectivity index (χ1n) is 14.4. The van der Waals surface area contributed by atoms with Crippen molar-refractivity contribution in [2.75, 3.05) is 24.5 Å². The smallest absolute Gasteiger partial charge is 0.308 e. The Labute approximate surface area is 249 Å². The molecule has 0 aliphatic carbocycles. The highest BCUT2D eigenvalue weighted by molar-refractivity contribution is 9.10. The molecule has 6 nitrogen and oxygen atoms in total. The summed E-state index contributed by atoms with van der Waals surface area (Å²) in [6.07, 6.45) is 2.63. The molecule has 0 spiro atoms. The van der Waals surface area contributed by atoms with E-state index in [4.69, 9.17) is 9.72 Å². The first-order valence-corrected chi connectivity index (χ1v) is 15.2. The van der Waals surface area contributed by atoms with Crippen LogP contribution in [0.2, 0.25) is 0 Å². The number of aryl methyl sites for hydroxylation is 1. The molecule has 0 bridgehead atoms. The first kappa shape index (κ1) is 30.9. The molecule has 0 saturated carbocycles. The van der Waals surface area contributed by atoms with Crippen LogP contribution in [0.5, 0.6) is 0 Å². The summed E-state index contributed by atoms with van der Waals surface area (Å²) in [5.74, 6) is -0.878. The summed E-state index contributed by atoms with van der Waals surface area (Å²) in [4.78, 5) is 33.4. The number of ether oxygens (including phenoxy) is 1. The van der Waals surface area contributed by atoms with Gasteiger partial charge in [-0.15, -0.1) is 0 Å². The molecule has 1 amide bonds. The van der Waals surface area contributed by atoms with Gasteiger partial charge in [0.05, 0.1) is 11.1 Å². The molecule has 1 aliphatic rings. The lowest BCUT2D eigenvalue weighted by Crippen LogP contribution is -2.33. The van der Waals surface area contributed by atoms with Gasteiger partial charge < -0.3 is 15.0 Å². The molecule has 1 N–H and O–H groups in total. The lowest BCUT2D eigenvalue weighted by atomic mass is 9.90. The second-order valence-corrected chi connectivity index (χ2v) is 11.7. The lowest BCUT2D eigenvalue weighted by molar-refractivity contribution is -0.158. The number of aromatic nitrogens is 1. The van der Waals surface area contributed by atoms with Crippen LogP contribution < -0.4 is 10.2 Å². The van der Waals surface area contributed by atoms with Gasteiger partial charge in [-0.05, 0) is 87.4 Å². The molecule has 2 aromatic carbocycles. The number of hydrogen-bond donors (Lipinski definition) is 1. The number of esters is 1. The number of pyridine rings is 1. The van der Waals surface area contributed by atoms with E-state index in [1.54, 1.807) is 6.07 Å². The van der Waals surface area contributed by atoms with Crippen molar-refractivity contribution in [1.82, 2.24) is 10.3 Å². The molecule has 1 aromatic heterocycles. The van der Waals surface area contributed by atoms with Gasteiger partial charge in [0.1, 0.15) is 11.6 Å². The van der Waals surface area contributed by atoms with Gasteiger partial charge in [0.15, 0.2) is 0 Å². The summed E-state index contributed by atoms with van der Waals surface area (Å²) in [5, 5.41) is 3.80. The van der Waals surface area contributed by atoms with Gasteiger partial charge in [0.25, 0.3) is 5.91 Å². The number of anilines is 1. The molecular weight excluding hydrogens is 592 g/mol. The molecule has 2 heterocycles. The van der Waals surface area contributed by atoms with Crippen molar-refractivity contribution in [3.63, 3.8) is 0 Å². The quantitative estimate of drug-likeness (QED) is 0.220. The van der Waals surface area contributed by atoms with E-state index in [1.165, 1.54) is 18.6 Å². The topological polar surface area (TPSA) is 71.5 Å². The van der Waals surface area contributed by atoms with Gasteiger partial charge in [-0.3, -0.25) is 9.59 Å². The highest BCUT2D eigenvalue weighted by Gasteiger charge is 2.25. The van der Waals surface area contributed by atoms with Gasteiger partial charge in [-0.25, -0.2) is 13.8 Å². The maximum Gasteiger partial charge on any atom is 0.308 e. The third-order valence-corrected chi connectivity index (χ3v) is 8.20. The number of piperidine rings is 1. The van der Waals surface area contributed by atoms with E-state index < -0.39 is 18.1 Å². The Bertz CT molecular complexity index is 1390. The number of nitrogens with one attached hydrogen (secondary N) is 1. The third kappa shape index (κ3) is 7.82. The van der Waals surface area contributed by atoms with Gasteiger partial charge in [0, 0.05) is 53.8 Å². The van der Waals surface area contributed by atoms with Crippen molar-refractivity contribution in [3.05, 3.63) is 68.9 Å². The number of amides is 1. The van der Waals surface area contributed by atoms with E-state index in [0.717, 1.165) is 58.3 Å². The van der Waals surface area contributed by atoms with Gasteiger partial charge in [-0.2, -0.15) is 0 Å². The van der Waals surface area contributed by atoms with Gasteiger partial charge in [-0.1, -0.05) is 28.9 Å². The summed E-state index contributed by atoms with van der Waals surface area (Å²) in [6.45, 7) is 7.57. The van der Waals surface area contributed by atoms with Crippen LogP contribution in [0.3, 0.4) is 0 Å². The zero-order chi connectivity index (χ0) is 29.5. The average Bonchev–Trinajstić information content (AvgIpc) is 2.94. The molecule has 1 fully saturated rings. The lowest BCUT2D eigenvalue weighted by Gasteiger charge is -2.30. The number of carbonyl (C=O) groups is 2. The predicted molar refractivity (Wildman–Crippen MR) is 162 cm³/mol. The summed E-state index contributed by atoms with van der Waals surface area (Å²) < 4.78 is 33.9. The van der Waals surface area contributed by atoms with E-state index in [-0.39, 0.29) is 37.6 Å². The van der Waals surface area contributed by atoms with Gasteiger partial charge >= 0.3 is 5.97 Å². The highest BCUT2D eigenvalue weighted by atomic mass is 79.9. The van der Waals surface area contributed by atoms with E-state index in [0.29, 0.717) is 17.5 Å². The number of hydrogen-bond acceptors (Lipinski definition) is 5. The Morgan fingerprint density at radius 3 is 2.59 bits per heavy atom. The normalized spacial score (nSPS) is 15.0. The fourth-order valence-corrected chi connectivity index (χ4v) is 5.89. The van der Waals surface area contributed by atoms with Crippen LogP contribution in [-0.4, -0.2) is 42.9 Å². The Balaban J connectivity index is 1.61. The first-order chi connectivity index (χ1) is 19.7. The zero-order valence-corrected chi connectivity index (χ0v) is 25.5. The van der Waals surface area contributed by atoms with Crippen molar-refractivity contribution in [3.8, 4) is 0 Å². The summed E-state index contributed by atoms with van der Waals surface area (Å²) in [6, 6.07) is 10.2. The molecule has 1 aliphatic heterocycles. The number of fused-ring (bicyclic) bond motifs is 1. The minimum absolute atomic E-state index is 0.0517. The molecule has 3 aromatic rings. The monoisotopic (exact) mass is 629 g/mol. The van der Waals surface area contributed by atoms with Crippen molar-refractivity contribution in [2.24, 2.45) is 0 Å². The zero-order valence-electron chi connectivity index (χ0n) is 23.9. The largest absolute Gasteiger partial charge is 0.431 e. The minimum atomic E-state index is -1.64. The SMILES string of the molecule is CCCC(F)OC(=O)CCC(CNC(=O)c1c(C)c(N2CCCCC2)nc2ccc(Br)cc12)c1cc(F)ccc1C. The van der Waals surface area contributed by atoms with Gasteiger partial charge in [0.2, 0.25) is 6.36 Å². The number of alkyl halides is 1. The molecule has 4 rings (SSSR count). The van der Waals surface area contributed by atoms with Crippen LogP contribution >= 0.6 is 15.9 Å². The second-order valence-electron chi connectivity index (χ2n) is 10.8. The van der Waals surface area contributed by atoms with Crippen LogP contribution in [-0.2, 0) is 9.53 Å². The summed E-state index contributed by atoms with van der Waals surface area (Å²) in [7, 11) is 0. The highest BCUT2D eigenvalue weighted by Crippen LogP contribution is 2.32. The minimum Gasteiger partial charge on any atom is -0.431 e. The number of halogens is 3. The third-order valence-electron chi connectivity index (χ3n) is 7.71. The Morgan fingerprint density at radius 1 is 1.10 bits per heavy atom. The van der Waals surface area contributed by atoms with Crippen molar-refractivity contribution in [2.45, 2.75) is 78.0 Å². The summed E-state index contributed by atoms with van der Waals surface area (Å²) in [5.41, 5.74) is 3.62. The van der Waals surface area contributed by atoms with E-state index in [9.17, 15) is 18.4 Å². The second kappa shape index (κ2) is 14.2. The molecule has 41 heavy (non-hydrogen) atoms. The number of carbonyl (C=O) groups excluding carboxylic acids is 2. The molecule has 2 atom stereocenters. The van der Waals surface area contributed by atoms with Crippen LogP contribution in [0.15, 0.2) is 40.9 Å². The average molecular weight is 631 g/mol. The van der Waals surface area contributed by atoms with Crippen LogP contribution in [0.4, 0.5) is 14.6 Å². The van der Waals surface area contributed by atoms with Crippen LogP contribution in [0, 0.1) is 19.7 Å². The van der Waals surface area contributed by atoms with E-state index in [1.807, 2.05) is 39.0 Å². The fourth-order valence-electron chi connectivity index (χ4n) is 5.53. The van der Waals surface area contributed by atoms with Crippen molar-refractivity contribution >= 4 is 44.5 Å². The number of rotatable bonds is 11. The predicted octanol–water partition coefficient (Wildman–Crippen LogP) is 7.68. The van der Waals surface area contributed by atoms with Crippen molar-refractivity contribution in [1.29, 1.82) is 0 Å². The van der Waals surface area contributed by atoms with E-state index >= 15 is 0 Å². The Morgan fingerprint density at radius 2 is 1.85 bits per heavy atom. The molecule has 0 radical (unpaired) electrons. The maximum absolute atomic E-state index is 14.3. The van der Waals surface area contributed by atoms with Crippen molar-refractivity contribution < 1.29 is 23.1 Å². The molecular formula is C32H38BrF2N3O3. The Kier molecular flexibility index (Phi) is 10.7. The van der Waals surface area contributed by atoms with Crippen LogP contribution in [0.1, 0.15) is 84.8 Å². The molecule has 220 valence electrons. The van der Waals surface area contributed by atoms with Crippen LogP contribution in [0.25, 0.3) is 10.9 Å². The molecule has 2 unspecified atom stereocenters. The molecule has 9 heteroatoms. The number of nitrogens with zero attached hydrogens (tertiary/aromatic N) is 2.